The molecule has 98 valence electrons. The van der Waals surface area contributed by atoms with Gasteiger partial charge in [-0.25, -0.2) is 0 Å². The molecule has 2 N–H and O–H groups in total. The number of ether oxygens (including phenoxy) is 1. The van der Waals surface area contributed by atoms with Crippen LogP contribution in [0.15, 0.2) is 0 Å². The summed E-state index contributed by atoms with van der Waals surface area (Å²) in [7, 11) is 0. The quantitative estimate of drug-likeness (QED) is 0.794. The molecule has 4 heteroatoms. The highest BCUT2D eigenvalue weighted by molar-refractivity contribution is 5.75. The Morgan fingerprint density at radius 2 is 1.65 bits per heavy atom. The Labute approximate surface area is 102 Å². The Morgan fingerprint density at radius 1 is 1.06 bits per heavy atom. The topological polar surface area (TPSA) is 66.8 Å². The van der Waals surface area contributed by atoms with E-state index in [1.54, 1.807) is 0 Å². The summed E-state index contributed by atoms with van der Waals surface area (Å²) >= 11 is 0. The van der Waals surface area contributed by atoms with Gasteiger partial charge in [-0.1, -0.05) is 19.3 Å². The normalized spacial score (nSPS) is 27.6. The van der Waals surface area contributed by atoms with E-state index in [4.69, 9.17) is 4.74 Å². The molecule has 2 rings (SSSR count). The van der Waals surface area contributed by atoms with Crippen LogP contribution in [0, 0.1) is 5.41 Å². The predicted molar refractivity (Wildman–Crippen MR) is 62.8 cm³/mol. The van der Waals surface area contributed by atoms with E-state index in [1.807, 2.05) is 0 Å². The van der Waals surface area contributed by atoms with Crippen LogP contribution in [0.1, 0.15) is 51.4 Å². The first-order valence-electron chi connectivity index (χ1n) is 6.60. The molecule has 17 heavy (non-hydrogen) atoms. The lowest BCUT2D eigenvalue weighted by Gasteiger charge is -2.41. The van der Waals surface area contributed by atoms with Crippen LogP contribution in [0.4, 0.5) is 0 Å². The van der Waals surface area contributed by atoms with E-state index in [0.717, 1.165) is 32.1 Å². The molecule has 0 aromatic heterocycles. The first kappa shape index (κ1) is 12.8. The fourth-order valence-electron chi connectivity index (χ4n) is 3.24. The van der Waals surface area contributed by atoms with Gasteiger partial charge in [-0.05, 0) is 32.1 Å². The van der Waals surface area contributed by atoms with Crippen LogP contribution in [0.3, 0.4) is 0 Å². The second-order valence-corrected chi connectivity index (χ2v) is 5.66. The van der Waals surface area contributed by atoms with Crippen LogP contribution in [0.2, 0.25) is 0 Å². The third-order valence-electron chi connectivity index (χ3n) is 4.36. The van der Waals surface area contributed by atoms with Crippen molar-refractivity contribution in [3.8, 4) is 0 Å². The second kappa shape index (κ2) is 4.94. The summed E-state index contributed by atoms with van der Waals surface area (Å²) in [6, 6.07) is 0. The number of carbonyl (C=O) groups is 1. The molecule has 1 saturated carbocycles. The van der Waals surface area contributed by atoms with Crippen molar-refractivity contribution in [1.82, 2.24) is 0 Å². The van der Waals surface area contributed by atoms with Crippen molar-refractivity contribution in [3.63, 3.8) is 0 Å². The predicted octanol–water partition coefficient (Wildman–Crippen LogP) is 1.95. The minimum atomic E-state index is -0.764. The van der Waals surface area contributed by atoms with E-state index < -0.39 is 17.0 Å². The van der Waals surface area contributed by atoms with Gasteiger partial charge in [-0.2, -0.15) is 0 Å². The SMILES string of the molecule is O=C(O)C1(CC2(O)CCCCC2)CCOCC1. The first-order chi connectivity index (χ1) is 8.06. The van der Waals surface area contributed by atoms with Crippen molar-refractivity contribution in [1.29, 1.82) is 0 Å². The zero-order valence-electron chi connectivity index (χ0n) is 10.3. The summed E-state index contributed by atoms with van der Waals surface area (Å²) in [5, 5.41) is 20.0. The summed E-state index contributed by atoms with van der Waals surface area (Å²) in [6.07, 6.45) is 6.16. The van der Waals surface area contributed by atoms with E-state index in [1.165, 1.54) is 0 Å². The Bertz CT molecular complexity index is 275. The van der Waals surface area contributed by atoms with Crippen LogP contribution in [0.25, 0.3) is 0 Å². The number of aliphatic carboxylic acids is 1. The Hall–Kier alpha value is -0.610. The van der Waals surface area contributed by atoms with Crippen LogP contribution < -0.4 is 0 Å². The van der Waals surface area contributed by atoms with Crippen LogP contribution >= 0.6 is 0 Å². The number of carboxylic acid groups (broad SMARTS) is 1. The van der Waals surface area contributed by atoms with E-state index in [0.29, 0.717) is 32.5 Å². The standard InChI is InChI=1S/C13H22O4/c14-11(15)12(6-8-17-9-7-12)10-13(16)4-2-1-3-5-13/h16H,1-10H2,(H,14,15). The molecule has 1 heterocycles. The summed E-state index contributed by atoms with van der Waals surface area (Å²) in [4.78, 5) is 11.5. The lowest BCUT2D eigenvalue weighted by atomic mass is 9.68. The summed E-state index contributed by atoms with van der Waals surface area (Å²) in [5.41, 5.74) is -1.52. The van der Waals surface area contributed by atoms with Crippen molar-refractivity contribution < 1.29 is 19.7 Å². The fraction of sp³-hybridized carbons (Fsp3) is 0.923. The molecular formula is C13H22O4. The van der Waals surface area contributed by atoms with Gasteiger partial charge in [0.25, 0.3) is 0 Å². The minimum Gasteiger partial charge on any atom is -0.481 e. The van der Waals surface area contributed by atoms with Gasteiger partial charge in [0.2, 0.25) is 0 Å². The smallest absolute Gasteiger partial charge is 0.309 e. The zero-order valence-corrected chi connectivity index (χ0v) is 10.3. The minimum absolute atomic E-state index is 0.401. The molecule has 1 aliphatic carbocycles. The molecule has 0 amide bonds. The fourth-order valence-corrected chi connectivity index (χ4v) is 3.24. The Kier molecular flexibility index (Phi) is 3.73. The van der Waals surface area contributed by atoms with Crippen molar-refractivity contribution in [3.05, 3.63) is 0 Å². The summed E-state index contributed by atoms with van der Waals surface area (Å²) in [5.74, 6) is -0.764. The molecule has 0 spiro atoms. The maximum absolute atomic E-state index is 11.5. The summed E-state index contributed by atoms with van der Waals surface area (Å²) in [6.45, 7) is 1.00. The molecule has 0 radical (unpaired) electrons. The number of hydrogen-bond acceptors (Lipinski definition) is 3. The van der Waals surface area contributed by atoms with E-state index >= 15 is 0 Å². The van der Waals surface area contributed by atoms with Gasteiger partial charge in [-0.3, -0.25) is 4.79 Å². The van der Waals surface area contributed by atoms with Gasteiger partial charge in [0.05, 0.1) is 11.0 Å². The molecule has 0 unspecified atom stereocenters. The number of hydrogen-bond donors (Lipinski definition) is 2. The Balaban J connectivity index is 2.08. The molecule has 1 aliphatic heterocycles. The zero-order chi connectivity index (χ0) is 12.4. The molecule has 2 fully saturated rings. The van der Waals surface area contributed by atoms with Crippen LogP contribution in [-0.4, -0.2) is 35.0 Å². The molecule has 0 aromatic carbocycles. The van der Waals surface area contributed by atoms with E-state index in [9.17, 15) is 15.0 Å². The molecule has 1 saturated heterocycles. The monoisotopic (exact) mass is 242 g/mol. The number of aliphatic hydroxyl groups is 1. The van der Waals surface area contributed by atoms with Crippen LogP contribution in [0.5, 0.6) is 0 Å². The van der Waals surface area contributed by atoms with Crippen LogP contribution in [-0.2, 0) is 9.53 Å². The van der Waals surface area contributed by atoms with Gasteiger partial charge in [0.15, 0.2) is 0 Å². The highest BCUT2D eigenvalue weighted by atomic mass is 16.5. The number of rotatable bonds is 3. The lowest BCUT2D eigenvalue weighted by Crippen LogP contribution is -2.45. The highest BCUT2D eigenvalue weighted by Crippen LogP contribution is 2.43. The maximum Gasteiger partial charge on any atom is 0.309 e. The molecule has 0 aromatic rings. The molecule has 4 nitrogen and oxygen atoms in total. The Morgan fingerprint density at radius 3 is 2.18 bits per heavy atom. The van der Waals surface area contributed by atoms with Crippen molar-refractivity contribution in [2.24, 2.45) is 5.41 Å². The molecule has 0 atom stereocenters. The van der Waals surface area contributed by atoms with E-state index in [2.05, 4.69) is 0 Å². The van der Waals surface area contributed by atoms with Crippen molar-refractivity contribution in [2.45, 2.75) is 57.0 Å². The van der Waals surface area contributed by atoms with Gasteiger partial charge in [-0.15, -0.1) is 0 Å². The third-order valence-corrected chi connectivity index (χ3v) is 4.36. The molecule has 0 bridgehead atoms. The average molecular weight is 242 g/mol. The molecular weight excluding hydrogens is 220 g/mol. The van der Waals surface area contributed by atoms with Gasteiger partial charge >= 0.3 is 5.97 Å². The lowest BCUT2D eigenvalue weighted by molar-refractivity contribution is -0.162. The van der Waals surface area contributed by atoms with Crippen molar-refractivity contribution in [2.75, 3.05) is 13.2 Å². The van der Waals surface area contributed by atoms with Gasteiger partial charge < -0.3 is 14.9 Å². The average Bonchev–Trinajstić information content (AvgIpc) is 2.30. The van der Waals surface area contributed by atoms with Crippen molar-refractivity contribution >= 4 is 5.97 Å². The molecule has 2 aliphatic rings. The first-order valence-corrected chi connectivity index (χ1v) is 6.60. The number of carboxylic acids is 1. The third kappa shape index (κ3) is 2.80. The van der Waals surface area contributed by atoms with E-state index in [-0.39, 0.29) is 0 Å². The maximum atomic E-state index is 11.5. The van der Waals surface area contributed by atoms with Gasteiger partial charge in [0.1, 0.15) is 0 Å². The highest BCUT2D eigenvalue weighted by Gasteiger charge is 2.46. The summed E-state index contributed by atoms with van der Waals surface area (Å²) < 4.78 is 5.25. The largest absolute Gasteiger partial charge is 0.481 e. The van der Waals surface area contributed by atoms with Gasteiger partial charge in [0, 0.05) is 13.2 Å². The second-order valence-electron chi connectivity index (χ2n) is 5.66.